The third kappa shape index (κ3) is 35.7. The van der Waals surface area contributed by atoms with E-state index in [2.05, 4.69) is 83.7 Å². The third-order valence-corrected chi connectivity index (χ3v) is 16.3. The van der Waals surface area contributed by atoms with Crippen LogP contribution in [0.1, 0.15) is 163 Å². The summed E-state index contributed by atoms with van der Waals surface area (Å²) in [6.45, 7) is 14.8. The number of imidazole rings is 2. The number of aromatic amines is 2. The Morgan fingerprint density at radius 2 is 0.784 bits per heavy atom. The fraction of sp³-hybridized carbons (Fsp3) is 0.703. The summed E-state index contributed by atoms with van der Waals surface area (Å²) in [5.41, 5.74) is 40.9. The van der Waals surface area contributed by atoms with Crippen LogP contribution in [0.25, 0.3) is 0 Å². The molecule has 0 saturated carbocycles. The Balaban J connectivity index is 2.57. The summed E-state index contributed by atoms with van der Waals surface area (Å²) in [4.78, 5) is 192. The van der Waals surface area contributed by atoms with E-state index in [1.807, 2.05) is 0 Å². The standard InChI is InChI=1S/C64H115N23O15/c1-9-36(8)51(87-55(94)40(15-10-11-21-65)78-59(98)47(27-37-29-72-31-76-37)82-52(91)39(66)14-12-22-74-63(68)69)61(100)86-46(26-35(6)7)58(97)85-48(28-38-30-73-32-77-38)60(99)79-41(16-13-23-75-64(70)71)53(92)83-45(25-34(4)5)57(96)84-44(24-33(2)3)56(95)80-42(17-19-49(67)88)54(93)81-43(62(101)102)18-20-50(89)90/h29-36,39-48,51,63-64,74-75H,9-28,65-66,68-71H2,1-8H3,(H2,67,88)(H,72,76)(H,73,77)(H,78,98)(H,79,99)(H,80,95)(H,81,93)(H,82,91)(H,83,92)(H,84,96)(H,85,97)(H,86,100)(H,87,94)(H,89,90)(H,101,102)/t36-,39-,40-,41-,42-,43-,44-,45-,46-,47-,48-,51-/m0/s1. The van der Waals surface area contributed by atoms with Gasteiger partial charge in [-0.05, 0) is 120 Å². The lowest BCUT2D eigenvalue weighted by molar-refractivity contribution is -0.143. The van der Waals surface area contributed by atoms with Gasteiger partial charge in [-0.3, -0.25) is 68.2 Å². The van der Waals surface area contributed by atoms with E-state index in [-0.39, 0.29) is 88.6 Å². The molecule has 2 aromatic rings. The fourth-order valence-electron chi connectivity index (χ4n) is 10.6. The SMILES string of the molecule is CC[C@H](C)[C@H](NC(=O)[C@H](CCCCN)NC(=O)[C@H](Cc1cnc[nH]1)NC(=O)[C@@H](N)CCCNC(N)N)C(=O)N[C@@H](CC(C)C)C(=O)N[C@@H](Cc1cnc[nH]1)C(=O)N[C@@H](CCCNC(N)N)C(=O)N[C@@H](CC(C)C)C(=O)N[C@@H](CC(C)C)C(=O)N[C@@H](CCC(N)=O)C(=O)N[C@@H](CCC(=O)O)C(=O)O. The molecule has 102 heavy (non-hydrogen) atoms. The minimum atomic E-state index is -1.70. The minimum absolute atomic E-state index is 0.00959. The number of hydrogen-bond donors (Lipinski definition) is 23. The van der Waals surface area contributed by atoms with Crippen LogP contribution < -0.4 is 104 Å². The molecule has 0 spiro atoms. The molecule has 2 rings (SSSR count). The second kappa shape index (κ2) is 47.4. The Morgan fingerprint density at radius 3 is 1.17 bits per heavy atom. The molecule has 12 atom stereocenters. The van der Waals surface area contributed by atoms with Gasteiger partial charge in [-0.15, -0.1) is 0 Å². The van der Waals surface area contributed by atoms with Gasteiger partial charge in [0, 0.05) is 49.5 Å². The van der Waals surface area contributed by atoms with Gasteiger partial charge in [0.1, 0.15) is 73.0 Å². The van der Waals surface area contributed by atoms with Crippen molar-refractivity contribution in [3.63, 3.8) is 0 Å². The molecule has 0 fully saturated rings. The summed E-state index contributed by atoms with van der Waals surface area (Å²) in [5.74, 6) is -13.6. The Labute approximate surface area is 594 Å². The van der Waals surface area contributed by atoms with Crippen molar-refractivity contribution in [2.75, 3.05) is 19.6 Å². The van der Waals surface area contributed by atoms with Crippen molar-refractivity contribution in [1.29, 1.82) is 0 Å². The molecule has 11 amide bonds. The van der Waals surface area contributed by atoms with Gasteiger partial charge in [-0.25, -0.2) is 14.8 Å². The van der Waals surface area contributed by atoms with E-state index in [1.54, 1.807) is 55.4 Å². The van der Waals surface area contributed by atoms with Gasteiger partial charge in [0.15, 0.2) is 0 Å². The van der Waals surface area contributed by atoms with Crippen LogP contribution in [0.15, 0.2) is 25.0 Å². The topological polar surface area (TPSA) is 646 Å². The molecule has 38 nitrogen and oxygen atoms in total. The molecular weight excluding hydrogens is 1330 g/mol. The molecule has 0 radical (unpaired) electrons. The van der Waals surface area contributed by atoms with Crippen molar-refractivity contribution in [3.8, 4) is 0 Å². The molecular formula is C64H115N23O15. The first-order valence-electron chi connectivity index (χ1n) is 34.7. The van der Waals surface area contributed by atoms with E-state index in [1.165, 1.54) is 25.0 Å². The van der Waals surface area contributed by atoms with Crippen molar-refractivity contribution >= 4 is 76.9 Å². The number of nitrogens with zero attached hydrogens (tertiary/aromatic N) is 2. The van der Waals surface area contributed by atoms with Crippen LogP contribution in [0.3, 0.4) is 0 Å². The number of primary amides is 1. The fourth-order valence-corrected chi connectivity index (χ4v) is 10.6. The highest BCUT2D eigenvalue weighted by Gasteiger charge is 2.38. The van der Waals surface area contributed by atoms with E-state index in [9.17, 15) is 67.4 Å². The maximum absolute atomic E-state index is 14.8. The van der Waals surface area contributed by atoms with Gasteiger partial charge in [0.2, 0.25) is 65.0 Å². The average Bonchev–Trinajstić information content (AvgIpc) is 1.01. The lowest BCUT2D eigenvalue weighted by Gasteiger charge is -2.30. The molecule has 0 aliphatic rings. The second-order valence-electron chi connectivity index (χ2n) is 26.8. The van der Waals surface area contributed by atoms with Crippen LogP contribution in [0.4, 0.5) is 0 Å². The predicted octanol–water partition coefficient (Wildman–Crippen LogP) is -5.24. The van der Waals surface area contributed by atoms with Gasteiger partial charge in [-0.2, -0.15) is 0 Å². The Hall–Kier alpha value is -8.79. The predicted molar refractivity (Wildman–Crippen MR) is 374 cm³/mol. The quantitative estimate of drug-likeness (QED) is 0.0217. The summed E-state index contributed by atoms with van der Waals surface area (Å²) < 4.78 is 0. The number of nitrogens with two attached hydrogens (primary N) is 7. The Morgan fingerprint density at radius 1 is 0.431 bits per heavy atom. The van der Waals surface area contributed by atoms with Crippen molar-refractivity contribution in [2.45, 2.75) is 244 Å². The number of unbranched alkanes of at least 4 members (excludes halogenated alkanes) is 1. The number of aromatic nitrogens is 4. The molecule has 38 heteroatoms. The molecule has 0 aromatic carbocycles. The van der Waals surface area contributed by atoms with Crippen molar-refractivity contribution in [3.05, 3.63) is 36.4 Å². The molecule has 2 heterocycles. The van der Waals surface area contributed by atoms with Crippen LogP contribution >= 0.6 is 0 Å². The lowest BCUT2D eigenvalue weighted by Crippen LogP contribution is -2.61. The zero-order chi connectivity index (χ0) is 76.8. The average molecular weight is 1450 g/mol. The van der Waals surface area contributed by atoms with Crippen molar-refractivity contribution < 1.29 is 72.5 Å². The number of carbonyl (C=O) groups is 13. The second-order valence-corrected chi connectivity index (χ2v) is 26.8. The van der Waals surface area contributed by atoms with Gasteiger partial charge >= 0.3 is 11.9 Å². The largest absolute Gasteiger partial charge is 0.481 e. The van der Waals surface area contributed by atoms with E-state index < -0.39 is 188 Å². The molecule has 30 N–H and O–H groups in total. The first kappa shape index (κ1) is 89.3. The van der Waals surface area contributed by atoms with Crippen molar-refractivity contribution in [2.24, 2.45) is 63.8 Å². The zero-order valence-electron chi connectivity index (χ0n) is 59.9. The third-order valence-electron chi connectivity index (χ3n) is 16.3. The highest BCUT2D eigenvalue weighted by molar-refractivity contribution is 5.99. The molecule has 576 valence electrons. The van der Waals surface area contributed by atoms with E-state index in [0.29, 0.717) is 43.6 Å². The number of nitrogens with one attached hydrogen (secondary N) is 14. The highest BCUT2D eigenvalue weighted by Crippen LogP contribution is 2.16. The van der Waals surface area contributed by atoms with Gasteiger partial charge < -0.3 is 113 Å². The monoisotopic (exact) mass is 1450 g/mol. The summed E-state index contributed by atoms with van der Waals surface area (Å²) >= 11 is 0. The number of carboxylic acid groups (broad SMARTS) is 2. The van der Waals surface area contributed by atoms with Gasteiger partial charge in [-0.1, -0.05) is 61.8 Å². The van der Waals surface area contributed by atoms with Gasteiger partial charge in [0.05, 0.1) is 18.7 Å². The number of H-pyrrole nitrogens is 2. The zero-order valence-corrected chi connectivity index (χ0v) is 59.9. The maximum Gasteiger partial charge on any atom is 0.326 e. The molecule has 0 bridgehead atoms. The van der Waals surface area contributed by atoms with Crippen LogP contribution in [0, 0.1) is 23.7 Å². The van der Waals surface area contributed by atoms with Crippen molar-refractivity contribution in [1.82, 2.24) is 83.7 Å². The number of hydrogen-bond acceptors (Lipinski definition) is 23. The first-order valence-corrected chi connectivity index (χ1v) is 34.7. The number of amides is 11. The smallest absolute Gasteiger partial charge is 0.326 e. The Kier molecular flexibility index (Phi) is 41.5. The number of rotatable bonds is 53. The Bertz CT molecular complexity index is 2960. The highest BCUT2D eigenvalue weighted by atomic mass is 16.4. The lowest BCUT2D eigenvalue weighted by atomic mass is 9.96. The van der Waals surface area contributed by atoms with Crippen LogP contribution in [-0.4, -0.2) is 206 Å². The summed E-state index contributed by atoms with van der Waals surface area (Å²) in [6.07, 6.45) is 3.39. The van der Waals surface area contributed by atoms with E-state index >= 15 is 0 Å². The van der Waals surface area contributed by atoms with E-state index in [0.717, 1.165) is 0 Å². The number of aliphatic carboxylic acids is 2. The number of carbonyl (C=O) groups excluding carboxylic acids is 11. The molecule has 0 unspecified atom stereocenters. The molecule has 2 aromatic heterocycles. The summed E-state index contributed by atoms with van der Waals surface area (Å²) in [7, 11) is 0. The van der Waals surface area contributed by atoms with Crippen LogP contribution in [0.5, 0.6) is 0 Å². The summed E-state index contributed by atoms with van der Waals surface area (Å²) in [6, 6.07) is -15.3. The van der Waals surface area contributed by atoms with E-state index in [4.69, 9.17) is 45.2 Å². The number of carboxylic acids is 2. The van der Waals surface area contributed by atoms with Crippen LogP contribution in [-0.2, 0) is 75.2 Å². The maximum atomic E-state index is 14.8. The van der Waals surface area contributed by atoms with Gasteiger partial charge in [0.25, 0.3) is 0 Å². The first-order chi connectivity index (χ1) is 48.0. The molecule has 0 aliphatic heterocycles. The minimum Gasteiger partial charge on any atom is -0.481 e. The molecule has 0 aliphatic carbocycles. The summed E-state index contributed by atoms with van der Waals surface area (Å²) in [5, 5.41) is 51.1. The molecule has 0 saturated heterocycles. The van der Waals surface area contributed by atoms with Crippen LogP contribution in [0.2, 0.25) is 0 Å². The normalized spacial score (nSPS) is 15.0.